The third-order valence-electron chi connectivity index (χ3n) is 2.27. The van der Waals surface area contributed by atoms with Gasteiger partial charge in [0.25, 0.3) is 0 Å². The number of nitrogens with zero attached hydrogens (tertiary/aromatic N) is 1. The van der Waals surface area contributed by atoms with Crippen molar-refractivity contribution in [1.82, 2.24) is 5.43 Å². The molecular weight excluding hydrogens is 183 g/mol. The van der Waals surface area contributed by atoms with E-state index in [-0.39, 0.29) is 17.6 Å². The maximum atomic E-state index is 12.9. The number of benzene rings is 1. The van der Waals surface area contributed by atoms with Gasteiger partial charge in [-0.2, -0.15) is 0 Å². The molecule has 3 nitrogen and oxygen atoms in total. The normalized spacial score (nSPS) is 21.1. The Kier molecular flexibility index (Phi) is 2.11. The van der Waals surface area contributed by atoms with Crippen LogP contribution in [0.1, 0.15) is 6.92 Å². The maximum absolute atomic E-state index is 12.9. The zero-order chi connectivity index (χ0) is 10.1. The Morgan fingerprint density at radius 2 is 2.36 bits per heavy atom. The lowest BCUT2D eigenvalue weighted by atomic mass is 10.2. The van der Waals surface area contributed by atoms with Gasteiger partial charge in [0, 0.05) is 0 Å². The molecule has 1 amide bonds. The first-order valence-electron chi connectivity index (χ1n) is 4.50. The van der Waals surface area contributed by atoms with Crippen LogP contribution in [0, 0.1) is 11.7 Å². The van der Waals surface area contributed by atoms with Crippen LogP contribution in [0.3, 0.4) is 0 Å². The average Bonchev–Trinajstić information content (AvgIpc) is 2.47. The minimum atomic E-state index is -0.295. The first kappa shape index (κ1) is 8.99. The second-order valence-corrected chi connectivity index (χ2v) is 3.47. The van der Waals surface area contributed by atoms with E-state index < -0.39 is 0 Å². The maximum Gasteiger partial charge on any atom is 0.243 e. The highest BCUT2D eigenvalue weighted by molar-refractivity contribution is 5.83. The Hall–Kier alpha value is -1.58. The molecule has 1 fully saturated rings. The van der Waals surface area contributed by atoms with Crippen molar-refractivity contribution in [2.75, 3.05) is 11.6 Å². The van der Waals surface area contributed by atoms with Gasteiger partial charge in [-0.1, -0.05) is 13.0 Å². The number of hydrazine groups is 1. The SMILES string of the molecule is CC1CN(c2cccc(F)c2)NC1=O. The van der Waals surface area contributed by atoms with Gasteiger partial charge in [0.15, 0.2) is 0 Å². The lowest BCUT2D eigenvalue weighted by molar-refractivity contribution is -0.121. The van der Waals surface area contributed by atoms with E-state index in [9.17, 15) is 9.18 Å². The molecular formula is C10H11FN2O. The average molecular weight is 194 g/mol. The summed E-state index contributed by atoms with van der Waals surface area (Å²) in [6.07, 6.45) is 0. The molecule has 1 aromatic rings. The van der Waals surface area contributed by atoms with Crippen molar-refractivity contribution in [2.45, 2.75) is 6.92 Å². The van der Waals surface area contributed by atoms with Crippen LogP contribution in [0.4, 0.5) is 10.1 Å². The van der Waals surface area contributed by atoms with E-state index in [1.807, 2.05) is 6.92 Å². The number of halogens is 1. The van der Waals surface area contributed by atoms with Crippen LogP contribution in [0.15, 0.2) is 24.3 Å². The van der Waals surface area contributed by atoms with E-state index in [0.717, 1.165) is 0 Å². The van der Waals surface area contributed by atoms with Gasteiger partial charge in [0.1, 0.15) is 5.82 Å². The zero-order valence-corrected chi connectivity index (χ0v) is 7.83. The Labute approximate surface area is 81.5 Å². The summed E-state index contributed by atoms with van der Waals surface area (Å²) in [5.74, 6) is -0.358. The molecule has 1 aromatic carbocycles. The van der Waals surface area contributed by atoms with Gasteiger partial charge < -0.3 is 0 Å². The quantitative estimate of drug-likeness (QED) is 0.731. The summed E-state index contributed by atoms with van der Waals surface area (Å²) in [5, 5.41) is 1.66. The number of hydrogen-bond acceptors (Lipinski definition) is 2. The van der Waals surface area contributed by atoms with Gasteiger partial charge in [-0.15, -0.1) is 0 Å². The van der Waals surface area contributed by atoms with Gasteiger partial charge in [0.2, 0.25) is 5.91 Å². The van der Waals surface area contributed by atoms with E-state index in [4.69, 9.17) is 0 Å². The van der Waals surface area contributed by atoms with E-state index in [0.29, 0.717) is 12.2 Å². The highest BCUT2D eigenvalue weighted by Crippen LogP contribution is 2.18. The smallest absolute Gasteiger partial charge is 0.243 e. The zero-order valence-electron chi connectivity index (χ0n) is 7.83. The first-order valence-corrected chi connectivity index (χ1v) is 4.50. The molecule has 0 spiro atoms. The van der Waals surface area contributed by atoms with Crippen LogP contribution >= 0.6 is 0 Å². The number of nitrogens with one attached hydrogen (secondary N) is 1. The number of carbonyl (C=O) groups is 1. The minimum absolute atomic E-state index is 0.0192. The Balaban J connectivity index is 2.21. The number of hydrogen-bond donors (Lipinski definition) is 1. The van der Waals surface area contributed by atoms with Crippen molar-refractivity contribution >= 4 is 11.6 Å². The largest absolute Gasteiger partial charge is 0.285 e. The molecule has 0 aromatic heterocycles. The molecule has 1 aliphatic rings. The molecule has 14 heavy (non-hydrogen) atoms. The summed E-state index contributed by atoms with van der Waals surface area (Å²) in [4.78, 5) is 11.2. The topological polar surface area (TPSA) is 32.3 Å². The number of carbonyl (C=O) groups excluding carboxylic acids is 1. The molecule has 1 N–H and O–H groups in total. The van der Waals surface area contributed by atoms with Crippen molar-refractivity contribution in [3.05, 3.63) is 30.1 Å². The van der Waals surface area contributed by atoms with E-state index in [1.165, 1.54) is 12.1 Å². The van der Waals surface area contributed by atoms with Crippen LogP contribution in [-0.4, -0.2) is 12.5 Å². The van der Waals surface area contributed by atoms with Crippen molar-refractivity contribution in [2.24, 2.45) is 5.92 Å². The summed E-state index contributed by atoms with van der Waals surface area (Å²) in [5.41, 5.74) is 3.36. The minimum Gasteiger partial charge on any atom is -0.285 e. The van der Waals surface area contributed by atoms with Crippen molar-refractivity contribution in [3.63, 3.8) is 0 Å². The van der Waals surface area contributed by atoms with Crippen molar-refractivity contribution in [3.8, 4) is 0 Å². The third-order valence-corrected chi connectivity index (χ3v) is 2.27. The summed E-state index contributed by atoms with van der Waals surface area (Å²) < 4.78 is 12.9. The predicted molar refractivity (Wildman–Crippen MR) is 51.1 cm³/mol. The van der Waals surface area contributed by atoms with Crippen molar-refractivity contribution in [1.29, 1.82) is 0 Å². The van der Waals surface area contributed by atoms with Gasteiger partial charge in [-0.3, -0.25) is 15.2 Å². The fraction of sp³-hybridized carbons (Fsp3) is 0.300. The van der Waals surface area contributed by atoms with E-state index in [1.54, 1.807) is 17.1 Å². The fourth-order valence-corrected chi connectivity index (χ4v) is 1.46. The summed E-state index contributed by atoms with van der Waals surface area (Å²) >= 11 is 0. The number of anilines is 1. The highest BCUT2D eigenvalue weighted by Gasteiger charge is 2.26. The molecule has 1 heterocycles. The fourth-order valence-electron chi connectivity index (χ4n) is 1.46. The summed E-state index contributed by atoms with van der Waals surface area (Å²) in [7, 11) is 0. The standard InChI is InChI=1S/C10H11FN2O/c1-7-6-13(12-10(7)14)9-4-2-3-8(11)5-9/h2-5,7H,6H2,1H3,(H,12,14). The van der Waals surface area contributed by atoms with Crippen molar-refractivity contribution < 1.29 is 9.18 Å². The number of rotatable bonds is 1. The molecule has 0 bridgehead atoms. The number of amides is 1. The second kappa shape index (κ2) is 3.29. The van der Waals surface area contributed by atoms with Crippen LogP contribution in [0.2, 0.25) is 0 Å². The monoisotopic (exact) mass is 194 g/mol. The van der Waals surface area contributed by atoms with Crippen LogP contribution < -0.4 is 10.4 Å². The van der Waals surface area contributed by atoms with Gasteiger partial charge in [-0.05, 0) is 18.2 Å². The summed E-state index contributed by atoms with van der Waals surface area (Å²) in [6, 6.07) is 6.17. The first-order chi connectivity index (χ1) is 6.66. The lowest BCUT2D eigenvalue weighted by Gasteiger charge is -2.16. The van der Waals surface area contributed by atoms with E-state index in [2.05, 4.69) is 5.43 Å². The second-order valence-electron chi connectivity index (χ2n) is 3.47. The third kappa shape index (κ3) is 1.55. The van der Waals surface area contributed by atoms with Gasteiger partial charge in [-0.25, -0.2) is 4.39 Å². The predicted octanol–water partition coefficient (Wildman–Crippen LogP) is 1.31. The molecule has 2 rings (SSSR count). The Morgan fingerprint density at radius 3 is 2.93 bits per heavy atom. The van der Waals surface area contributed by atoms with Gasteiger partial charge >= 0.3 is 0 Å². The molecule has 0 aliphatic carbocycles. The molecule has 0 saturated carbocycles. The molecule has 74 valence electrons. The molecule has 1 saturated heterocycles. The molecule has 4 heteroatoms. The van der Waals surface area contributed by atoms with Crippen LogP contribution in [-0.2, 0) is 4.79 Å². The lowest BCUT2D eigenvalue weighted by Crippen LogP contribution is -2.32. The summed E-state index contributed by atoms with van der Waals surface area (Å²) in [6.45, 7) is 2.43. The van der Waals surface area contributed by atoms with Crippen LogP contribution in [0.5, 0.6) is 0 Å². The molecule has 1 aliphatic heterocycles. The van der Waals surface area contributed by atoms with E-state index >= 15 is 0 Å². The molecule has 0 radical (unpaired) electrons. The van der Waals surface area contributed by atoms with Crippen LogP contribution in [0.25, 0.3) is 0 Å². The Morgan fingerprint density at radius 1 is 1.57 bits per heavy atom. The molecule has 1 atom stereocenters. The Bertz CT molecular complexity index is 367. The van der Waals surface area contributed by atoms with Gasteiger partial charge in [0.05, 0.1) is 18.2 Å². The molecule has 1 unspecified atom stereocenters. The highest BCUT2D eigenvalue weighted by atomic mass is 19.1.